The summed E-state index contributed by atoms with van der Waals surface area (Å²) in [6, 6.07) is 16.2. The van der Waals surface area contributed by atoms with E-state index in [0.717, 1.165) is 22.3 Å². The standard InChI is InChI=1S/C22H18ClNO4S/c23-18-12-29-19(9-10-20(25)26)21(18)24-22(27)28-11-17-15-7-3-1-5-13(15)14-6-2-4-8-16(14)17/h1-8,12,17H,9-11H2,(H,24,27)(H,25,26). The van der Waals surface area contributed by atoms with Crippen LogP contribution < -0.4 is 5.32 Å². The van der Waals surface area contributed by atoms with Gasteiger partial charge in [0.15, 0.2) is 0 Å². The first-order chi connectivity index (χ1) is 14.0. The molecule has 2 N–H and O–H groups in total. The molecule has 7 heteroatoms. The van der Waals surface area contributed by atoms with Crippen LogP contribution in [0.15, 0.2) is 53.9 Å². The molecule has 0 aliphatic heterocycles. The molecule has 0 spiro atoms. The minimum absolute atomic E-state index is 0.0300. The maximum Gasteiger partial charge on any atom is 0.411 e. The van der Waals surface area contributed by atoms with Crippen molar-refractivity contribution in [3.8, 4) is 11.1 Å². The Kier molecular flexibility index (Phi) is 5.56. The number of hydrogen-bond donors (Lipinski definition) is 2. The Balaban J connectivity index is 1.46. The summed E-state index contributed by atoms with van der Waals surface area (Å²) < 4.78 is 5.53. The van der Waals surface area contributed by atoms with E-state index in [0.29, 0.717) is 22.0 Å². The van der Waals surface area contributed by atoms with Gasteiger partial charge in [-0.1, -0.05) is 60.1 Å². The summed E-state index contributed by atoms with van der Waals surface area (Å²) >= 11 is 7.48. The Morgan fingerprint density at radius 1 is 1.07 bits per heavy atom. The summed E-state index contributed by atoms with van der Waals surface area (Å²) in [5, 5.41) is 13.6. The van der Waals surface area contributed by atoms with E-state index in [9.17, 15) is 9.59 Å². The monoisotopic (exact) mass is 427 g/mol. The van der Waals surface area contributed by atoms with Gasteiger partial charge >= 0.3 is 12.1 Å². The Hall–Kier alpha value is -2.83. The zero-order valence-corrected chi connectivity index (χ0v) is 16.9. The summed E-state index contributed by atoms with van der Waals surface area (Å²) in [4.78, 5) is 24.0. The molecule has 0 saturated heterocycles. The number of carboxylic acids is 1. The quantitative estimate of drug-likeness (QED) is 0.522. The van der Waals surface area contributed by atoms with Gasteiger partial charge in [-0.25, -0.2) is 4.79 Å². The summed E-state index contributed by atoms with van der Waals surface area (Å²) in [6.45, 7) is 0.200. The fourth-order valence-corrected chi connectivity index (χ4v) is 4.86. The van der Waals surface area contributed by atoms with Crippen LogP contribution in [-0.2, 0) is 16.0 Å². The molecule has 1 aromatic heterocycles. The van der Waals surface area contributed by atoms with Gasteiger partial charge in [0, 0.05) is 16.2 Å². The summed E-state index contributed by atoms with van der Waals surface area (Å²) in [7, 11) is 0. The molecule has 29 heavy (non-hydrogen) atoms. The topological polar surface area (TPSA) is 75.6 Å². The van der Waals surface area contributed by atoms with Gasteiger partial charge in [-0.2, -0.15) is 0 Å². The number of anilines is 1. The molecule has 0 atom stereocenters. The molecule has 0 radical (unpaired) electrons. The Morgan fingerprint density at radius 3 is 2.31 bits per heavy atom. The van der Waals surface area contributed by atoms with Crippen molar-refractivity contribution < 1.29 is 19.4 Å². The molecule has 0 bridgehead atoms. The van der Waals surface area contributed by atoms with Gasteiger partial charge in [0.2, 0.25) is 0 Å². The van der Waals surface area contributed by atoms with Gasteiger partial charge < -0.3 is 9.84 Å². The van der Waals surface area contributed by atoms with Crippen LogP contribution in [0.2, 0.25) is 5.02 Å². The van der Waals surface area contributed by atoms with Crippen molar-refractivity contribution >= 4 is 40.7 Å². The number of aryl methyl sites for hydroxylation is 1. The first kappa shape index (κ1) is 19.5. The number of hydrogen-bond acceptors (Lipinski definition) is 4. The van der Waals surface area contributed by atoms with Crippen molar-refractivity contribution in [3.63, 3.8) is 0 Å². The van der Waals surface area contributed by atoms with Gasteiger partial charge in [0.1, 0.15) is 6.61 Å². The molecule has 0 fully saturated rings. The van der Waals surface area contributed by atoms with Crippen molar-refractivity contribution in [2.75, 3.05) is 11.9 Å². The fraction of sp³-hybridized carbons (Fsp3) is 0.182. The lowest BCUT2D eigenvalue weighted by Gasteiger charge is -2.15. The van der Waals surface area contributed by atoms with Crippen LogP contribution >= 0.6 is 22.9 Å². The number of aliphatic carboxylic acids is 1. The second kappa shape index (κ2) is 8.27. The van der Waals surface area contributed by atoms with Crippen molar-refractivity contribution in [2.24, 2.45) is 0 Å². The van der Waals surface area contributed by atoms with Gasteiger partial charge in [-0.3, -0.25) is 10.1 Å². The number of ether oxygens (including phenoxy) is 1. The van der Waals surface area contributed by atoms with Gasteiger partial charge in [0.05, 0.1) is 17.1 Å². The zero-order chi connectivity index (χ0) is 20.4. The molecular weight excluding hydrogens is 410 g/mol. The Bertz CT molecular complexity index is 1030. The third-order valence-corrected chi connectivity index (χ3v) is 6.43. The van der Waals surface area contributed by atoms with E-state index in [1.165, 1.54) is 11.3 Å². The Morgan fingerprint density at radius 2 is 1.69 bits per heavy atom. The van der Waals surface area contributed by atoms with E-state index in [1.54, 1.807) is 5.38 Å². The number of nitrogens with one attached hydrogen (secondary N) is 1. The molecule has 1 heterocycles. The molecule has 4 rings (SSSR count). The second-order valence-electron chi connectivity index (χ2n) is 6.73. The van der Waals surface area contributed by atoms with Crippen LogP contribution in [0.4, 0.5) is 10.5 Å². The van der Waals surface area contributed by atoms with Crippen LogP contribution in [-0.4, -0.2) is 23.8 Å². The second-order valence-corrected chi connectivity index (χ2v) is 8.10. The van der Waals surface area contributed by atoms with E-state index in [-0.39, 0.29) is 18.9 Å². The van der Waals surface area contributed by atoms with Crippen molar-refractivity contribution in [2.45, 2.75) is 18.8 Å². The largest absolute Gasteiger partial charge is 0.481 e. The van der Waals surface area contributed by atoms with Crippen molar-refractivity contribution in [3.05, 3.63) is 74.9 Å². The van der Waals surface area contributed by atoms with Crippen LogP contribution in [0.1, 0.15) is 28.3 Å². The molecule has 0 saturated carbocycles. The molecule has 1 aliphatic carbocycles. The van der Waals surface area contributed by atoms with Crippen LogP contribution in [0.3, 0.4) is 0 Å². The number of carboxylic acid groups (broad SMARTS) is 1. The highest BCUT2D eigenvalue weighted by molar-refractivity contribution is 7.11. The smallest absolute Gasteiger partial charge is 0.411 e. The normalized spacial score (nSPS) is 12.3. The highest BCUT2D eigenvalue weighted by Crippen LogP contribution is 2.44. The fourth-order valence-electron chi connectivity index (χ4n) is 3.64. The number of thiophene rings is 1. The number of rotatable bonds is 6. The number of benzene rings is 2. The molecule has 2 aromatic carbocycles. The van der Waals surface area contributed by atoms with Crippen LogP contribution in [0, 0.1) is 0 Å². The third-order valence-electron chi connectivity index (χ3n) is 4.96. The molecule has 148 valence electrons. The van der Waals surface area contributed by atoms with Crippen molar-refractivity contribution in [1.82, 2.24) is 0 Å². The lowest BCUT2D eigenvalue weighted by molar-refractivity contribution is -0.136. The van der Waals surface area contributed by atoms with E-state index >= 15 is 0 Å². The number of halogens is 1. The highest BCUT2D eigenvalue weighted by atomic mass is 35.5. The molecule has 1 aliphatic rings. The van der Waals surface area contributed by atoms with Crippen molar-refractivity contribution in [1.29, 1.82) is 0 Å². The first-order valence-electron chi connectivity index (χ1n) is 9.14. The SMILES string of the molecule is O=C(O)CCc1scc(Cl)c1NC(=O)OCC1c2ccccc2-c2ccccc21. The average molecular weight is 428 g/mol. The van der Waals surface area contributed by atoms with E-state index in [1.807, 2.05) is 24.3 Å². The zero-order valence-electron chi connectivity index (χ0n) is 15.4. The lowest BCUT2D eigenvalue weighted by atomic mass is 9.98. The molecule has 3 aromatic rings. The summed E-state index contributed by atoms with van der Waals surface area (Å²) in [6.07, 6.45) is -0.342. The number of carbonyl (C=O) groups excluding carboxylic acids is 1. The van der Waals surface area contributed by atoms with E-state index < -0.39 is 12.1 Å². The summed E-state index contributed by atoms with van der Waals surface area (Å²) in [5.41, 5.74) is 5.02. The summed E-state index contributed by atoms with van der Waals surface area (Å²) in [5.74, 6) is -0.931. The maximum absolute atomic E-state index is 12.4. The predicted octanol–water partition coefficient (Wildman–Crippen LogP) is 5.78. The van der Waals surface area contributed by atoms with Crippen LogP contribution in [0.25, 0.3) is 11.1 Å². The number of amides is 1. The third kappa shape index (κ3) is 3.99. The minimum atomic E-state index is -0.901. The number of fused-ring (bicyclic) bond motifs is 3. The van der Waals surface area contributed by atoms with E-state index in [4.69, 9.17) is 21.4 Å². The maximum atomic E-state index is 12.4. The molecule has 0 unspecified atom stereocenters. The highest BCUT2D eigenvalue weighted by Gasteiger charge is 2.29. The molecule has 1 amide bonds. The number of carbonyl (C=O) groups is 2. The van der Waals surface area contributed by atoms with E-state index in [2.05, 4.69) is 29.6 Å². The van der Waals surface area contributed by atoms with Gasteiger partial charge in [0.25, 0.3) is 0 Å². The predicted molar refractivity (Wildman–Crippen MR) is 114 cm³/mol. The minimum Gasteiger partial charge on any atom is -0.481 e. The molecule has 5 nitrogen and oxygen atoms in total. The van der Waals surface area contributed by atoms with Gasteiger partial charge in [-0.05, 0) is 28.7 Å². The lowest BCUT2D eigenvalue weighted by Crippen LogP contribution is -2.18. The van der Waals surface area contributed by atoms with Crippen LogP contribution in [0.5, 0.6) is 0 Å². The first-order valence-corrected chi connectivity index (χ1v) is 10.4. The Labute approximate surface area is 176 Å². The van der Waals surface area contributed by atoms with Gasteiger partial charge in [-0.15, -0.1) is 11.3 Å². The average Bonchev–Trinajstić information content (AvgIpc) is 3.23. The molecular formula is C22H18ClNO4S.